The Kier molecular flexibility index (Phi) is 4.28. The molecule has 0 radical (unpaired) electrons. The van der Waals surface area contributed by atoms with Crippen LogP contribution in [0.1, 0.15) is 12.8 Å². The molecule has 0 aromatic carbocycles. The number of hydrogen-bond acceptors (Lipinski definition) is 0. The molecule has 1 rings (SSSR count). The Hall–Kier alpha value is 0.467. The molecule has 0 bridgehead atoms. The number of nitrogens with zero attached hydrogens (tertiary/aromatic N) is 1. The summed E-state index contributed by atoms with van der Waals surface area (Å²) in [6.45, 7) is 10.3. The van der Waals surface area contributed by atoms with Crippen LogP contribution in [0, 0.1) is 0 Å². The van der Waals surface area contributed by atoms with Crippen molar-refractivity contribution in [3.8, 4) is 0 Å². The molecule has 3 heteroatoms. The summed E-state index contributed by atoms with van der Waals surface area (Å²) in [5.74, 6) is 0. The van der Waals surface area contributed by atoms with Crippen LogP contribution >= 0.6 is 0 Å². The first-order chi connectivity index (χ1) is 4.91. The average molecular weight is 208 g/mol. The van der Waals surface area contributed by atoms with Crippen LogP contribution in [0.25, 0.3) is 0 Å². The van der Waals surface area contributed by atoms with E-state index in [0.29, 0.717) is 0 Å². The first-order valence-electron chi connectivity index (χ1n) is 4.75. The number of rotatable bonds is 2. The molecular formula is C9H22ClNSi. The van der Waals surface area contributed by atoms with Gasteiger partial charge in [-0.15, -0.1) is 0 Å². The summed E-state index contributed by atoms with van der Waals surface area (Å²) in [6.07, 6.45) is 4.40. The van der Waals surface area contributed by atoms with Crippen molar-refractivity contribution in [1.82, 2.24) is 0 Å². The topological polar surface area (TPSA) is 0 Å². The van der Waals surface area contributed by atoms with E-state index in [4.69, 9.17) is 0 Å². The van der Waals surface area contributed by atoms with Crippen molar-refractivity contribution in [2.24, 2.45) is 0 Å². The zero-order valence-electron chi connectivity index (χ0n) is 8.86. The van der Waals surface area contributed by atoms with Crippen LogP contribution < -0.4 is 12.4 Å². The van der Waals surface area contributed by atoms with Crippen LogP contribution in [0.4, 0.5) is 0 Å². The lowest BCUT2D eigenvalue weighted by atomic mass is 10.4. The van der Waals surface area contributed by atoms with Crippen LogP contribution in [-0.4, -0.2) is 38.9 Å². The van der Waals surface area contributed by atoms with E-state index in [9.17, 15) is 0 Å². The Balaban J connectivity index is 0.00000121. The second kappa shape index (κ2) is 4.12. The Morgan fingerprint density at radius 2 is 1.50 bits per heavy atom. The summed E-state index contributed by atoms with van der Waals surface area (Å²) in [5, 5.41) is 0. The predicted octanol–water partition coefficient (Wildman–Crippen LogP) is -0.892. The number of quaternary nitrogens is 1. The molecule has 1 saturated heterocycles. The maximum atomic E-state index is 2.48. The SMILES string of the molecule is C[N+]1(C[Si](C)(C)C)CCCC1.[Cl-]. The van der Waals surface area contributed by atoms with E-state index in [1.807, 2.05) is 0 Å². The first kappa shape index (κ1) is 12.5. The summed E-state index contributed by atoms with van der Waals surface area (Å²) < 4.78 is 1.37. The highest BCUT2D eigenvalue weighted by molar-refractivity contribution is 6.75. The van der Waals surface area contributed by atoms with Gasteiger partial charge in [-0.1, -0.05) is 19.6 Å². The fraction of sp³-hybridized carbons (Fsp3) is 1.00. The van der Waals surface area contributed by atoms with Gasteiger partial charge >= 0.3 is 0 Å². The minimum atomic E-state index is -0.822. The average Bonchev–Trinajstić information content (AvgIpc) is 2.09. The monoisotopic (exact) mass is 207 g/mol. The Morgan fingerprint density at radius 3 is 1.83 bits per heavy atom. The first-order valence-corrected chi connectivity index (χ1v) is 8.46. The van der Waals surface area contributed by atoms with Gasteiger partial charge in [-0.2, -0.15) is 0 Å². The third-order valence-electron chi connectivity index (χ3n) is 2.50. The molecule has 74 valence electrons. The molecule has 1 fully saturated rings. The smallest absolute Gasteiger partial charge is 0.110 e. The number of likely N-dealkylation sites (tertiary alicyclic amines) is 1. The standard InChI is InChI=1S/C9H22NSi.ClH/c1-10(7-5-6-8-10)9-11(2,3)4;/h5-9H2,1-4H3;1H/q+1;/p-1. The van der Waals surface area contributed by atoms with Crippen LogP contribution in [0.2, 0.25) is 19.6 Å². The lowest BCUT2D eigenvalue weighted by Crippen LogP contribution is -3.00. The Labute approximate surface area is 84.2 Å². The normalized spacial score (nSPS) is 22.0. The van der Waals surface area contributed by atoms with E-state index in [2.05, 4.69) is 26.7 Å². The molecule has 0 aromatic heterocycles. The minimum absolute atomic E-state index is 0. The predicted molar refractivity (Wildman–Crippen MR) is 53.4 cm³/mol. The number of hydrogen-bond donors (Lipinski definition) is 0. The zero-order chi connectivity index (χ0) is 8.54. The molecule has 0 aromatic rings. The van der Waals surface area contributed by atoms with Crippen molar-refractivity contribution in [2.45, 2.75) is 32.5 Å². The molecular weight excluding hydrogens is 186 g/mol. The molecule has 0 spiro atoms. The molecule has 0 unspecified atom stereocenters. The van der Waals surface area contributed by atoms with Crippen molar-refractivity contribution in [2.75, 3.05) is 26.3 Å². The number of halogens is 1. The van der Waals surface area contributed by atoms with Gasteiger partial charge in [-0.25, -0.2) is 0 Å². The van der Waals surface area contributed by atoms with Gasteiger partial charge in [-0.05, 0) is 0 Å². The summed E-state index contributed by atoms with van der Waals surface area (Å²) in [7, 11) is 1.61. The van der Waals surface area contributed by atoms with E-state index in [-0.39, 0.29) is 12.4 Å². The summed E-state index contributed by atoms with van der Waals surface area (Å²) >= 11 is 0. The van der Waals surface area contributed by atoms with E-state index < -0.39 is 8.07 Å². The second-order valence-electron chi connectivity index (χ2n) is 5.49. The molecule has 0 atom stereocenters. The van der Waals surface area contributed by atoms with Gasteiger partial charge in [0, 0.05) is 12.8 Å². The van der Waals surface area contributed by atoms with Crippen molar-refractivity contribution < 1.29 is 16.9 Å². The molecule has 12 heavy (non-hydrogen) atoms. The summed E-state index contributed by atoms with van der Waals surface area (Å²) in [4.78, 5) is 0. The van der Waals surface area contributed by atoms with Crippen molar-refractivity contribution in [3.05, 3.63) is 0 Å². The van der Waals surface area contributed by atoms with Crippen LogP contribution in [-0.2, 0) is 0 Å². The molecule has 1 heterocycles. The van der Waals surface area contributed by atoms with Gasteiger partial charge in [0.25, 0.3) is 0 Å². The van der Waals surface area contributed by atoms with Crippen LogP contribution in [0.5, 0.6) is 0 Å². The van der Waals surface area contributed by atoms with E-state index in [0.717, 1.165) is 0 Å². The van der Waals surface area contributed by atoms with Crippen LogP contribution in [0.15, 0.2) is 0 Å². The molecule has 0 N–H and O–H groups in total. The highest BCUT2D eigenvalue weighted by Gasteiger charge is 2.32. The second-order valence-corrected chi connectivity index (χ2v) is 10.9. The van der Waals surface area contributed by atoms with Gasteiger partial charge < -0.3 is 16.9 Å². The lowest BCUT2D eigenvalue weighted by Gasteiger charge is -2.34. The molecule has 0 saturated carbocycles. The van der Waals surface area contributed by atoms with Gasteiger partial charge in [0.1, 0.15) is 8.07 Å². The minimum Gasteiger partial charge on any atom is -1.00 e. The van der Waals surface area contributed by atoms with Crippen molar-refractivity contribution in [1.29, 1.82) is 0 Å². The van der Waals surface area contributed by atoms with Crippen LogP contribution in [0.3, 0.4) is 0 Å². The van der Waals surface area contributed by atoms with Gasteiger partial charge in [0.05, 0.1) is 26.3 Å². The molecule has 0 amide bonds. The summed E-state index contributed by atoms with van der Waals surface area (Å²) in [5.41, 5.74) is 0. The maximum Gasteiger partial charge on any atom is 0.110 e. The fourth-order valence-corrected chi connectivity index (χ4v) is 5.01. The molecule has 1 nitrogen and oxygen atoms in total. The van der Waals surface area contributed by atoms with Gasteiger partial charge in [0.2, 0.25) is 0 Å². The highest BCUT2D eigenvalue weighted by Crippen LogP contribution is 2.19. The Morgan fingerprint density at radius 1 is 1.08 bits per heavy atom. The third kappa shape index (κ3) is 3.92. The van der Waals surface area contributed by atoms with Crippen molar-refractivity contribution >= 4 is 8.07 Å². The third-order valence-corrected chi connectivity index (χ3v) is 4.21. The Bertz CT molecular complexity index is 136. The van der Waals surface area contributed by atoms with Gasteiger partial charge in [-0.3, -0.25) is 0 Å². The molecule has 0 aliphatic carbocycles. The summed E-state index contributed by atoms with van der Waals surface area (Å²) in [6, 6.07) is 0. The zero-order valence-corrected chi connectivity index (χ0v) is 10.6. The van der Waals surface area contributed by atoms with E-state index in [1.165, 1.54) is 36.6 Å². The quantitative estimate of drug-likeness (QED) is 0.407. The van der Waals surface area contributed by atoms with Crippen molar-refractivity contribution in [3.63, 3.8) is 0 Å². The molecule has 1 aliphatic heterocycles. The van der Waals surface area contributed by atoms with Gasteiger partial charge in [0.15, 0.2) is 0 Å². The van der Waals surface area contributed by atoms with E-state index in [1.54, 1.807) is 0 Å². The fourth-order valence-electron chi connectivity index (χ4n) is 2.40. The largest absolute Gasteiger partial charge is 1.00 e. The van der Waals surface area contributed by atoms with E-state index >= 15 is 0 Å². The highest BCUT2D eigenvalue weighted by atomic mass is 35.5. The maximum absolute atomic E-state index is 2.48. The lowest BCUT2D eigenvalue weighted by molar-refractivity contribution is -0.888. The molecule has 1 aliphatic rings.